The zero-order valence-electron chi connectivity index (χ0n) is 7.86. The summed E-state index contributed by atoms with van der Waals surface area (Å²) < 4.78 is 0.910. The van der Waals surface area contributed by atoms with Gasteiger partial charge in [-0.05, 0) is 19.1 Å². The van der Waals surface area contributed by atoms with Crippen molar-refractivity contribution >= 4 is 43.4 Å². The summed E-state index contributed by atoms with van der Waals surface area (Å²) in [4.78, 5) is 13.6. The average Bonchev–Trinajstić information content (AvgIpc) is 2.57. The number of thiophene rings is 1. The summed E-state index contributed by atoms with van der Waals surface area (Å²) in [7, 11) is 0. The highest BCUT2D eigenvalue weighted by Crippen LogP contribution is 2.34. The molecule has 0 radical (unpaired) electrons. The summed E-state index contributed by atoms with van der Waals surface area (Å²) in [5.41, 5.74) is 1.89. The molecule has 0 N–H and O–H groups in total. The number of pyridine rings is 1. The number of hydrogen-bond acceptors (Lipinski definition) is 4. The molecule has 3 aromatic heterocycles. The van der Waals surface area contributed by atoms with E-state index < -0.39 is 0 Å². The lowest BCUT2D eigenvalue weighted by atomic mass is 10.3. The molecule has 0 fully saturated rings. The maximum Gasteiger partial charge on any atom is 0.150 e. The van der Waals surface area contributed by atoms with Gasteiger partial charge >= 0.3 is 0 Å². The molecule has 0 aromatic carbocycles. The van der Waals surface area contributed by atoms with E-state index in [0.717, 1.165) is 26.1 Å². The van der Waals surface area contributed by atoms with E-state index in [1.165, 1.54) is 17.7 Å². The van der Waals surface area contributed by atoms with Gasteiger partial charge in [-0.15, -0.1) is 11.3 Å². The van der Waals surface area contributed by atoms with Gasteiger partial charge in [0.05, 0.1) is 10.2 Å². The van der Waals surface area contributed by atoms with Crippen molar-refractivity contribution < 1.29 is 0 Å². The van der Waals surface area contributed by atoms with Crippen molar-refractivity contribution in [3.63, 3.8) is 0 Å². The summed E-state index contributed by atoms with van der Waals surface area (Å²) in [6, 6.07) is 4.00. The second-order valence-corrected chi connectivity index (χ2v) is 4.61. The molecule has 74 valence electrons. The molecule has 0 aliphatic rings. The SMILES string of the molecule is Cc1ccc2c(n1)sc1c(Cl)ncnc12. The van der Waals surface area contributed by atoms with Gasteiger partial charge in [-0.1, -0.05) is 11.6 Å². The molecular weight excluding hydrogens is 230 g/mol. The molecule has 3 nitrogen and oxygen atoms in total. The third-order valence-corrected chi connectivity index (χ3v) is 3.71. The fraction of sp³-hybridized carbons (Fsp3) is 0.100. The average molecular weight is 236 g/mol. The molecule has 15 heavy (non-hydrogen) atoms. The van der Waals surface area contributed by atoms with Crippen molar-refractivity contribution in [2.24, 2.45) is 0 Å². The maximum absolute atomic E-state index is 6.00. The molecule has 0 aliphatic heterocycles. The third kappa shape index (κ3) is 1.29. The molecule has 3 aromatic rings. The Labute approximate surface area is 94.8 Å². The van der Waals surface area contributed by atoms with Gasteiger partial charge in [0.1, 0.15) is 16.3 Å². The first-order chi connectivity index (χ1) is 7.25. The predicted octanol–water partition coefficient (Wildman–Crippen LogP) is 3.20. The van der Waals surface area contributed by atoms with Gasteiger partial charge in [0.25, 0.3) is 0 Å². The van der Waals surface area contributed by atoms with E-state index >= 15 is 0 Å². The number of fused-ring (bicyclic) bond motifs is 3. The van der Waals surface area contributed by atoms with Crippen molar-refractivity contribution in [1.82, 2.24) is 15.0 Å². The zero-order chi connectivity index (χ0) is 10.4. The summed E-state index contributed by atoms with van der Waals surface area (Å²) >= 11 is 7.53. The topological polar surface area (TPSA) is 38.7 Å². The van der Waals surface area contributed by atoms with Crippen LogP contribution in [0.3, 0.4) is 0 Å². The highest BCUT2D eigenvalue weighted by Gasteiger charge is 2.10. The van der Waals surface area contributed by atoms with Crippen molar-refractivity contribution in [3.05, 3.63) is 29.3 Å². The van der Waals surface area contributed by atoms with Crippen LogP contribution in [-0.4, -0.2) is 15.0 Å². The third-order valence-electron chi connectivity index (χ3n) is 2.21. The molecule has 0 unspecified atom stereocenters. The molecule has 0 saturated carbocycles. The fourth-order valence-corrected chi connectivity index (χ4v) is 2.82. The van der Waals surface area contributed by atoms with Crippen molar-refractivity contribution in [3.8, 4) is 0 Å². The molecule has 0 saturated heterocycles. The Balaban J connectivity index is 2.57. The lowest BCUT2D eigenvalue weighted by Crippen LogP contribution is -1.80. The van der Waals surface area contributed by atoms with E-state index in [9.17, 15) is 0 Å². The summed E-state index contributed by atoms with van der Waals surface area (Å²) in [5.74, 6) is 0. The van der Waals surface area contributed by atoms with Crippen LogP contribution >= 0.6 is 22.9 Å². The molecule has 0 atom stereocenters. The van der Waals surface area contributed by atoms with Crippen LogP contribution in [0.15, 0.2) is 18.5 Å². The van der Waals surface area contributed by atoms with Gasteiger partial charge in [0.15, 0.2) is 0 Å². The van der Waals surface area contributed by atoms with Crippen LogP contribution in [-0.2, 0) is 0 Å². The minimum absolute atomic E-state index is 0.501. The largest absolute Gasteiger partial charge is 0.242 e. The van der Waals surface area contributed by atoms with E-state index in [2.05, 4.69) is 15.0 Å². The molecule has 3 heterocycles. The first-order valence-corrected chi connectivity index (χ1v) is 5.61. The molecule has 0 bridgehead atoms. The van der Waals surface area contributed by atoms with Crippen LogP contribution in [0.5, 0.6) is 0 Å². The van der Waals surface area contributed by atoms with E-state index in [-0.39, 0.29) is 0 Å². The van der Waals surface area contributed by atoms with E-state index in [4.69, 9.17) is 11.6 Å². The van der Waals surface area contributed by atoms with Gasteiger partial charge in [0, 0.05) is 11.1 Å². The smallest absolute Gasteiger partial charge is 0.150 e. The summed E-state index contributed by atoms with van der Waals surface area (Å²) in [5, 5.41) is 1.55. The minimum atomic E-state index is 0.501. The molecule has 3 rings (SSSR count). The summed E-state index contributed by atoms with van der Waals surface area (Å²) in [6.07, 6.45) is 1.48. The Morgan fingerprint density at radius 3 is 3.00 bits per heavy atom. The van der Waals surface area contributed by atoms with Gasteiger partial charge in [-0.2, -0.15) is 0 Å². The first-order valence-electron chi connectivity index (χ1n) is 4.42. The van der Waals surface area contributed by atoms with Crippen molar-refractivity contribution in [1.29, 1.82) is 0 Å². The van der Waals surface area contributed by atoms with E-state index in [0.29, 0.717) is 5.15 Å². The lowest BCUT2D eigenvalue weighted by Gasteiger charge is -1.91. The van der Waals surface area contributed by atoms with E-state index in [1.54, 1.807) is 0 Å². The van der Waals surface area contributed by atoms with Crippen LogP contribution < -0.4 is 0 Å². The normalized spacial score (nSPS) is 11.3. The molecule has 0 amide bonds. The fourth-order valence-electron chi connectivity index (χ4n) is 1.52. The number of nitrogens with zero attached hydrogens (tertiary/aromatic N) is 3. The first kappa shape index (κ1) is 9.00. The Morgan fingerprint density at radius 2 is 2.13 bits per heavy atom. The predicted molar refractivity (Wildman–Crippen MR) is 62.5 cm³/mol. The maximum atomic E-state index is 6.00. The van der Waals surface area contributed by atoms with Gasteiger partial charge < -0.3 is 0 Å². The molecule has 0 spiro atoms. The summed E-state index contributed by atoms with van der Waals surface area (Å²) in [6.45, 7) is 1.97. The lowest BCUT2D eigenvalue weighted by molar-refractivity contribution is 1.23. The zero-order valence-corrected chi connectivity index (χ0v) is 9.43. The quantitative estimate of drug-likeness (QED) is 0.562. The highest BCUT2D eigenvalue weighted by molar-refractivity contribution is 7.25. The van der Waals surface area contributed by atoms with Gasteiger partial charge in [-0.25, -0.2) is 15.0 Å². The Hall–Kier alpha value is -1.26. The van der Waals surface area contributed by atoms with Gasteiger partial charge in [-0.3, -0.25) is 0 Å². The number of aryl methyl sites for hydroxylation is 1. The minimum Gasteiger partial charge on any atom is -0.242 e. The van der Waals surface area contributed by atoms with Crippen molar-refractivity contribution in [2.45, 2.75) is 6.92 Å². The molecule has 5 heteroatoms. The van der Waals surface area contributed by atoms with Crippen molar-refractivity contribution in [2.75, 3.05) is 0 Å². The molecule has 0 aliphatic carbocycles. The van der Waals surface area contributed by atoms with Crippen LogP contribution in [0.25, 0.3) is 20.4 Å². The van der Waals surface area contributed by atoms with Gasteiger partial charge in [0.2, 0.25) is 0 Å². The number of halogens is 1. The number of rotatable bonds is 0. The van der Waals surface area contributed by atoms with Crippen LogP contribution in [0, 0.1) is 6.92 Å². The Kier molecular flexibility index (Phi) is 1.87. The second-order valence-electron chi connectivity index (χ2n) is 3.25. The Morgan fingerprint density at radius 1 is 1.27 bits per heavy atom. The monoisotopic (exact) mass is 235 g/mol. The van der Waals surface area contributed by atoms with Crippen LogP contribution in [0.2, 0.25) is 5.15 Å². The standard InChI is InChI=1S/C10H6ClN3S/c1-5-2-3-6-7-8(15-10(6)14-5)9(11)13-4-12-7/h2-4H,1H3. The van der Waals surface area contributed by atoms with Crippen LogP contribution in [0.4, 0.5) is 0 Å². The highest BCUT2D eigenvalue weighted by atomic mass is 35.5. The van der Waals surface area contributed by atoms with Crippen LogP contribution in [0.1, 0.15) is 5.69 Å². The second kappa shape index (κ2) is 3.12. The number of aromatic nitrogens is 3. The number of hydrogen-bond donors (Lipinski definition) is 0. The Bertz CT molecular complexity index is 662. The molecular formula is C10H6ClN3S. The van der Waals surface area contributed by atoms with E-state index in [1.807, 2.05) is 19.1 Å².